The van der Waals surface area contributed by atoms with Crippen molar-refractivity contribution in [3.8, 4) is 0 Å². The van der Waals surface area contributed by atoms with Crippen molar-refractivity contribution in [2.24, 2.45) is 0 Å². The number of hydrogen-bond acceptors (Lipinski definition) is 2. The van der Waals surface area contributed by atoms with Crippen LogP contribution in [0.4, 0.5) is 0 Å². The first-order chi connectivity index (χ1) is 8.97. The molecule has 0 saturated heterocycles. The number of aryl methyl sites for hydroxylation is 2. The summed E-state index contributed by atoms with van der Waals surface area (Å²) in [7, 11) is 1.84. The van der Waals surface area contributed by atoms with Crippen LogP contribution in [0, 0.1) is 13.8 Å². The summed E-state index contributed by atoms with van der Waals surface area (Å²) in [6, 6.07) is 7.99. The molecule has 4 heteroatoms. The van der Waals surface area contributed by atoms with Gasteiger partial charge in [0.25, 0.3) is 5.91 Å². The molecule has 0 aliphatic heterocycles. The molecule has 0 unspecified atom stereocenters. The van der Waals surface area contributed by atoms with Crippen LogP contribution in [0.1, 0.15) is 27.0 Å². The number of hydrogen-bond donors (Lipinski definition) is 0. The van der Waals surface area contributed by atoms with Crippen LogP contribution in [-0.4, -0.2) is 17.9 Å². The van der Waals surface area contributed by atoms with Gasteiger partial charge in [-0.2, -0.15) is 0 Å². The Kier molecular flexibility index (Phi) is 4.42. The number of halogens is 1. The lowest BCUT2D eigenvalue weighted by Crippen LogP contribution is -2.26. The standard InChI is InChI=1S/C15H16BrNOS/c1-10-4-5-13(11(2)6-10)15(18)17(3)8-12-7-14(16)19-9-12/h4-7,9H,8H2,1-3H3. The molecule has 0 bridgehead atoms. The van der Waals surface area contributed by atoms with Crippen molar-refractivity contribution in [1.29, 1.82) is 0 Å². The van der Waals surface area contributed by atoms with E-state index in [9.17, 15) is 4.79 Å². The summed E-state index contributed by atoms with van der Waals surface area (Å²) in [5.41, 5.74) is 4.14. The van der Waals surface area contributed by atoms with Crippen molar-refractivity contribution in [2.45, 2.75) is 20.4 Å². The highest BCUT2D eigenvalue weighted by molar-refractivity contribution is 9.11. The van der Waals surface area contributed by atoms with E-state index < -0.39 is 0 Å². The zero-order valence-corrected chi connectivity index (χ0v) is 13.6. The second-order valence-electron chi connectivity index (χ2n) is 4.74. The molecule has 0 radical (unpaired) electrons. The normalized spacial score (nSPS) is 10.5. The summed E-state index contributed by atoms with van der Waals surface area (Å²) in [6.07, 6.45) is 0. The van der Waals surface area contributed by atoms with Gasteiger partial charge in [-0.1, -0.05) is 17.7 Å². The molecular formula is C15H16BrNOS. The predicted molar refractivity (Wildman–Crippen MR) is 83.7 cm³/mol. The Labute approximate surface area is 126 Å². The van der Waals surface area contributed by atoms with Gasteiger partial charge >= 0.3 is 0 Å². The highest BCUT2D eigenvalue weighted by atomic mass is 79.9. The van der Waals surface area contributed by atoms with Gasteiger partial charge in [-0.25, -0.2) is 0 Å². The van der Waals surface area contributed by atoms with Crippen LogP contribution >= 0.6 is 27.3 Å². The maximum absolute atomic E-state index is 12.4. The Hall–Kier alpha value is -1.13. The number of carbonyl (C=O) groups excluding carboxylic acids is 1. The molecule has 100 valence electrons. The zero-order valence-electron chi connectivity index (χ0n) is 11.2. The molecule has 0 spiro atoms. The maximum atomic E-state index is 12.4. The molecule has 0 aliphatic rings. The second kappa shape index (κ2) is 5.88. The van der Waals surface area contributed by atoms with Gasteiger partial charge in [0.05, 0.1) is 3.79 Å². The van der Waals surface area contributed by atoms with Crippen LogP contribution in [0.3, 0.4) is 0 Å². The molecule has 0 fully saturated rings. The molecule has 0 aliphatic carbocycles. The minimum atomic E-state index is 0.0693. The van der Waals surface area contributed by atoms with Crippen LogP contribution < -0.4 is 0 Å². The van der Waals surface area contributed by atoms with E-state index in [2.05, 4.69) is 27.4 Å². The minimum absolute atomic E-state index is 0.0693. The molecule has 2 rings (SSSR count). The Morgan fingerprint density at radius 1 is 1.32 bits per heavy atom. The topological polar surface area (TPSA) is 20.3 Å². The van der Waals surface area contributed by atoms with E-state index in [1.54, 1.807) is 16.2 Å². The lowest BCUT2D eigenvalue weighted by molar-refractivity contribution is 0.0784. The molecule has 1 amide bonds. The summed E-state index contributed by atoms with van der Waals surface area (Å²) in [5, 5.41) is 2.07. The van der Waals surface area contributed by atoms with Crippen molar-refractivity contribution in [2.75, 3.05) is 7.05 Å². The largest absolute Gasteiger partial charge is 0.337 e. The SMILES string of the molecule is Cc1ccc(C(=O)N(C)Cc2csc(Br)c2)c(C)c1. The van der Waals surface area contributed by atoms with Gasteiger partial charge in [0.2, 0.25) is 0 Å². The molecule has 1 heterocycles. The van der Waals surface area contributed by atoms with E-state index >= 15 is 0 Å². The molecule has 0 saturated carbocycles. The Morgan fingerprint density at radius 2 is 2.05 bits per heavy atom. The lowest BCUT2D eigenvalue weighted by atomic mass is 10.0. The third-order valence-electron chi connectivity index (χ3n) is 3.00. The van der Waals surface area contributed by atoms with E-state index in [0.717, 1.165) is 20.5 Å². The summed E-state index contributed by atoms with van der Waals surface area (Å²) >= 11 is 5.08. The van der Waals surface area contributed by atoms with Gasteiger partial charge in [0.1, 0.15) is 0 Å². The van der Waals surface area contributed by atoms with Crippen molar-refractivity contribution in [3.05, 3.63) is 55.7 Å². The Balaban J connectivity index is 2.14. The fourth-order valence-corrected chi connectivity index (χ4v) is 3.23. The molecule has 0 atom stereocenters. The first kappa shape index (κ1) is 14.3. The number of amides is 1. The van der Waals surface area contributed by atoms with Gasteiger partial charge in [-0.05, 0) is 58.4 Å². The van der Waals surface area contributed by atoms with E-state index in [0.29, 0.717) is 6.54 Å². The third-order valence-corrected chi connectivity index (χ3v) is 4.55. The van der Waals surface area contributed by atoms with E-state index in [-0.39, 0.29) is 5.91 Å². The maximum Gasteiger partial charge on any atom is 0.254 e. The molecule has 2 nitrogen and oxygen atoms in total. The van der Waals surface area contributed by atoms with Gasteiger partial charge in [0.15, 0.2) is 0 Å². The quantitative estimate of drug-likeness (QED) is 0.812. The predicted octanol–water partition coefficient (Wildman–Crippen LogP) is 4.40. The van der Waals surface area contributed by atoms with E-state index in [4.69, 9.17) is 0 Å². The fourth-order valence-electron chi connectivity index (χ4n) is 2.03. The monoisotopic (exact) mass is 337 g/mol. The van der Waals surface area contributed by atoms with Gasteiger partial charge < -0.3 is 4.90 Å². The average molecular weight is 338 g/mol. The van der Waals surface area contributed by atoms with Crippen LogP contribution in [0.15, 0.2) is 33.4 Å². The van der Waals surface area contributed by atoms with Crippen molar-refractivity contribution in [1.82, 2.24) is 4.90 Å². The van der Waals surface area contributed by atoms with Gasteiger partial charge in [-0.15, -0.1) is 11.3 Å². The van der Waals surface area contributed by atoms with Crippen molar-refractivity contribution >= 4 is 33.2 Å². The Bertz CT molecular complexity index is 606. The molecule has 0 N–H and O–H groups in total. The average Bonchev–Trinajstić information content (AvgIpc) is 2.74. The van der Waals surface area contributed by atoms with Gasteiger partial charge in [-0.3, -0.25) is 4.79 Å². The first-order valence-electron chi connectivity index (χ1n) is 6.03. The molecule has 2 aromatic rings. The smallest absolute Gasteiger partial charge is 0.254 e. The number of thiophene rings is 1. The third kappa shape index (κ3) is 3.45. The summed E-state index contributed by atoms with van der Waals surface area (Å²) < 4.78 is 1.09. The van der Waals surface area contributed by atoms with Crippen molar-refractivity contribution < 1.29 is 4.79 Å². The highest BCUT2D eigenvalue weighted by Gasteiger charge is 2.14. The van der Waals surface area contributed by atoms with Crippen LogP contribution in [0.2, 0.25) is 0 Å². The summed E-state index contributed by atoms with van der Waals surface area (Å²) in [5.74, 6) is 0.0693. The molecule has 1 aromatic heterocycles. The lowest BCUT2D eigenvalue weighted by Gasteiger charge is -2.18. The number of rotatable bonds is 3. The zero-order chi connectivity index (χ0) is 14.0. The van der Waals surface area contributed by atoms with Gasteiger partial charge in [0, 0.05) is 19.2 Å². The van der Waals surface area contributed by atoms with Crippen LogP contribution in [-0.2, 0) is 6.54 Å². The van der Waals surface area contributed by atoms with Crippen LogP contribution in [0.5, 0.6) is 0 Å². The Morgan fingerprint density at radius 3 is 2.63 bits per heavy atom. The first-order valence-corrected chi connectivity index (χ1v) is 7.70. The summed E-state index contributed by atoms with van der Waals surface area (Å²) in [6.45, 7) is 4.65. The fraction of sp³-hybridized carbons (Fsp3) is 0.267. The number of nitrogens with zero attached hydrogens (tertiary/aromatic N) is 1. The molecule has 1 aromatic carbocycles. The molecule has 19 heavy (non-hydrogen) atoms. The van der Waals surface area contributed by atoms with Crippen molar-refractivity contribution in [3.63, 3.8) is 0 Å². The number of benzene rings is 1. The highest BCUT2D eigenvalue weighted by Crippen LogP contribution is 2.22. The minimum Gasteiger partial charge on any atom is -0.337 e. The number of carbonyl (C=O) groups is 1. The van der Waals surface area contributed by atoms with E-state index in [1.807, 2.05) is 39.1 Å². The summed E-state index contributed by atoms with van der Waals surface area (Å²) in [4.78, 5) is 14.2. The molecular weight excluding hydrogens is 322 g/mol. The van der Waals surface area contributed by atoms with E-state index in [1.165, 1.54) is 5.56 Å². The second-order valence-corrected chi connectivity index (χ2v) is 7.03. The van der Waals surface area contributed by atoms with Crippen LogP contribution in [0.25, 0.3) is 0 Å².